The minimum absolute atomic E-state index is 0.175. The summed E-state index contributed by atoms with van der Waals surface area (Å²) in [5.74, 6) is 1.66. The molecule has 3 rings (SSSR count). The van der Waals surface area contributed by atoms with Gasteiger partial charge in [-0.3, -0.25) is 0 Å². The van der Waals surface area contributed by atoms with E-state index in [1.165, 1.54) is 6.07 Å². The number of allylic oxidation sites excluding steroid dienone is 1. The van der Waals surface area contributed by atoms with Gasteiger partial charge < -0.3 is 9.64 Å². The van der Waals surface area contributed by atoms with Gasteiger partial charge in [0.2, 0.25) is 0 Å². The predicted octanol–water partition coefficient (Wildman–Crippen LogP) is 3.86. The number of anilines is 1. The Balaban J connectivity index is 1.64. The van der Waals surface area contributed by atoms with Crippen LogP contribution in [0.15, 0.2) is 36.5 Å². The van der Waals surface area contributed by atoms with E-state index < -0.39 is 0 Å². The van der Waals surface area contributed by atoms with E-state index in [2.05, 4.69) is 20.9 Å². The molecule has 126 valence electrons. The molecular weight excluding hydrogens is 305 g/mol. The number of aromatic nitrogens is 2. The van der Waals surface area contributed by atoms with Crippen LogP contribution in [-0.4, -0.2) is 30.2 Å². The van der Waals surface area contributed by atoms with Crippen LogP contribution in [0.2, 0.25) is 0 Å². The average Bonchev–Trinajstić information content (AvgIpc) is 2.61. The summed E-state index contributed by atoms with van der Waals surface area (Å²) in [5, 5.41) is 0. The lowest BCUT2D eigenvalue weighted by molar-refractivity contribution is 0.390. The number of rotatable bonds is 4. The van der Waals surface area contributed by atoms with Crippen LogP contribution in [0.3, 0.4) is 0 Å². The lowest BCUT2D eigenvalue weighted by Crippen LogP contribution is -2.34. The molecule has 0 N–H and O–H groups in total. The van der Waals surface area contributed by atoms with Crippen molar-refractivity contribution in [2.75, 3.05) is 25.1 Å². The zero-order valence-electron chi connectivity index (χ0n) is 14.1. The Kier molecular flexibility index (Phi) is 5.08. The molecule has 5 heteroatoms. The van der Waals surface area contributed by atoms with Crippen molar-refractivity contribution in [3.63, 3.8) is 0 Å². The van der Waals surface area contributed by atoms with Crippen LogP contribution < -0.4 is 9.64 Å². The van der Waals surface area contributed by atoms with E-state index in [9.17, 15) is 4.39 Å². The first kappa shape index (κ1) is 16.4. The molecule has 0 amide bonds. The Labute approximate surface area is 142 Å². The molecule has 0 saturated carbocycles. The van der Waals surface area contributed by atoms with Crippen molar-refractivity contribution in [2.45, 2.75) is 19.8 Å². The normalized spacial score (nSPS) is 15.9. The van der Waals surface area contributed by atoms with Crippen LogP contribution >= 0.6 is 0 Å². The lowest BCUT2D eigenvalue weighted by atomic mass is 9.95. The van der Waals surface area contributed by atoms with Gasteiger partial charge in [-0.05, 0) is 31.7 Å². The second-order valence-electron chi connectivity index (χ2n) is 6.05. The standard InChI is InChI=1S/C19H22FN3O/c1-14-13-21-19(24-2)18(22-14)23-11-9-15(10-12-23)7-8-16-5-3-4-6-17(16)20/h3-8,13,15H,9-12H2,1-2H3/b8-7+. The number of benzene rings is 1. The van der Waals surface area contributed by atoms with Gasteiger partial charge in [0.15, 0.2) is 5.82 Å². The highest BCUT2D eigenvalue weighted by atomic mass is 19.1. The second-order valence-corrected chi connectivity index (χ2v) is 6.05. The number of halogens is 1. The number of piperidine rings is 1. The number of hydrogen-bond acceptors (Lipinski definition) is 4. The summed E-state index contributed by atoms with van der Waals surface area (Å²) in [6.45, 7) is 3.71. The molecule has 0 atom stereocenters. The highest BCUT2D eigenvalue weighted by molar-refractivity contribution is 5.51. The Morgan fingerprint density at radius 1 is 1.25 bits per heavy atom. The minimum Gasteiger partial charge on any atom is -0.478 e. The molecule has 1 fully saturated rings. The summed E-state index contributed by atoms with van der Waals surface area (Å²) in [7, 11) is 1.62. The maximum atomic E-state index is 13.7. The zero-order chi connectivity index (χ0) is 16.9. The Bertz CT molecular complexity index is 724. The molecule has 1 aliphatic rings. The largest absolute Gasteiger partial charge is 0.478 e. The summed E-state index contributed by atoms with van der Waals surface area (Å²) in [4.78, 5) is 11.1. The molecule has 2 aromatic rings. The van der Waals surface area contributed by atoms with Gasteiger partial charge in [0.25, 0.3) is 5.88 Å². The molecule has 0 spiro atoms. The highest BCUT2D eigenvalue weighted by Gasteiger charge is 2.22. The van der Waals surface area contributed by atoms with Crippen LogP contribution in [0.5, 0.6) is 5.88 Å². The van der Waals surface area contributed by atoms with Gasteiger partial charge in [0.1, 0.15) is 5.82 Å². The number of aryl methyl sites for hydroxylation is 1. The number of methoxy groups -OCH3 is 1. The molecule has 0 radical (unpaired) electrons. The van der Waals surface area contributed by atoms with Crippen LogP contribution in [-0.2, 0) is 0 Å². The van der Waals surface area contributed by atoms with Crippen molar-refractivity contribution in [1.29, 1.82) is 0 Å². The first-order chi connectivity index (χ1) is 11.7. The zero-order valence-corrected chi connectivity index (χ0v) is 14.1. The number of hydrogen-bond donors (Lipinski definition) is 0. The van der Waals surface area contributed by atoms with Crippen LogP contribution in [0.25, 0.3) is 6.08 Å². The molecule has 1 aromatic heterocycles. The van der Waals surface area contributed by atoms with Crippen molar-refractivity contribution >= 4 is 11.9 Å². The maximum Gasteiger partial charge on any atom is 0.257 e. The fraction of sp³-hybridized carbons (Fsp3) is 0.368. The molecule has 0 bridgehead atoms. The maximum absolute atomic E-state index is 13.7. The van der Waals surface area contributed by atoms with Gasteiger partial charge in [-0.2, -0.15) is 0 Å². The van der Waals surface area contributed by atoms with Gasteiger partial charge in [-0.15, -0.1) is 0 Å². The summed E-state index contributed by atoms with van der Waals surface area (Å²) in [6.07, 6.45) is 7.73. The molecule has 1 aromatic carbocycles. The molecule has 1 saturated heterocycles. The monoisotopic (exact) mass is 327 g/mol. The van der Waals surface area contributed by atoms with Gasteiger partial charge >= 0.3 is 0 Å². The van der Waals surface area contributed by atoms with Crippen molar-refractivity contribution in [3.8, 4) is 5.88 Å². The van der Waals surface area contributed by atoms with Crippen molar-refractivity contribution < 1.29 is 9.13 Å². The number of ether oxygens (including phenoxy) is 1. The van der Waals surface area contributed by atoms with E-state index >= 15 is 0 Å². The summed E-state index contributed by atoms with van der Waals surface area (Å²) in [5.41, 5.74) is 1.53. The molecule has 0 unspecified atom stereocenters. The van der Waals surface area contributed by atoms with Crippen molar-refractivity contribution in [3.05, 3.63) is 53.6 Å². The quantitative estimate of drug-likeness (QED) is 0.854. The highest BCUT2D eigenvalue weighted by Crippen LogP contribution is 2.28. The molecule has 2 heterocycles. The van der Waals surface area contributed by atoms with Gasteiger partial charge in [0, 0.05) is 18.7 Å². The third-order valence-electron chi connectivity index (χ3n) is 4.33. The lowest BCUT2D eigenvalue weighted by Gasteiger charge is -2.32. The van der Waals surface area contributed by atoms with E-state index in [0.29, 0.717) is 17.4 Å². The van der Waals surface area contributed by atoms with Gasteiger partial charge in [0.05, 0.1) is 19.0 Å². The second kappa shape index (κ2) is 7.43. The summed E-state index contributed by atoms with van der Waals surface area (Å²) >= 11 is 0. The Morgan fingerprint density at radius 2 is 2.00 bits per heavy atom. The average molecular weight is 327 g/mol. The van der Waals surface area contributed by atoms with Crippen LogP contribution in [0.1, 0.15) is 24.1 Å². The first-order valence-electron chi connectivity index (χ1n) is 8.22. The van der Waals surface area contributed by atoms with E-state index in [4.69, 9.17) is 4.74 Å². The topological polar surface area (TPSA) is 38.3 Å². The SMILES string of the molecule is COc1ncc(C)nc1N1CCC(/C=C/c2ccccc2F)CC1. The summed E-state index contributed by atoms with van der Waals surface area (Å²) < 4.78 is 19.0. The number of nitrogens with zero attached hydrogens (tertiary/aromatic N) is 3. The van der Waals surface area contributed by atoms with Crippen LogP contribution in [0, 0.1) is 18.7 Å². The van der Waals surface area contributed by atoms with E-state index in [-0.39, 0.29) is 5.82 Å². The van der Waals surface area contributed by atoms with E-state index in [1.54, 1.807) is 25.4 Å². The fourth-order valence-electron chi connectivity index (χ4n) is 2.96. The Hall–Kier alpha value is -2.43. The Morgan fingerprint density at radius 3 is 2.71 bits per heavy atom. The van der Waals surface area contributed by atoms with Crippen molar-refractivity contribution in [2.24, 2.45) is 5.92 Å². The van der Waals surface area contributed by atoms with E-state index in [1.807, 2.05) is 19.1 Å². The summed E-state index contributed by atoms with van der Waals surface area (Å²) in [6, 6.07) is 6.86. The van der Waals surface area contributed by atoms with E-state index in [0.717, 1.165) is 37.4 Å². The van der Waals surface area contributed by atoms with Gasteiger partial charge in [-0.25, -0.2) is 14.4 Å². The molecule has 24 heavy (non-hydrogen) atoms. The third kappa shape index (κ3) is 3.72. The molecule has 0 aliphatic carbocycles. The van der Waals surface area contributed by atoms with Crippen molar-refractivity contribution in [1.82, 2.24) is 9.97 Å². The minimum atomic E-state index is -0.175. The first-order valence-corrected chi connectivity index (χ1v) is 8.22. The molecule has 1 aliphatic heterocycles. The smallest absolute Gasteiger partial charge is 0.257 e. The van der Waals surface area contributed by atoms with Crippen LogP contribution in [0.4, 0.5) is 10.2 Å². The molecular formula is C19H22FN3O. The van der Waals surface area contributed by atoms with Gasteiger partial charge in [-0.1, -0.05) is 30.4 Å². The fourth-order valence-corrected chi connectivity index (χ4v) is 2.96. The molecule has 4 nitrogen and oxygen atoms in total. The predicted molar refractivity (Wildman–Crippen MR) is 93.7 cm³/mol. The third-order valence-corrected chi connectivity index (χ3v) is 4.33.